The molecule has 0 atom stereocenters. The molecule has 2 aromatic heterocycles. The highest BCUT2D eigenvalue weighted by molar-refractivity contribution is 5.93. The maximum atomic E-state index is 11.4. The van der Waals surface area contributed by atoms with Crippen LogP contribution in [0, 0.1) is 0 Å². The summed E-state index contributed by atoms with van der Waals surface area (Å²) in [5.74, 6) is -0.157. The van der Waals surface area contributed by atoms with Crippen molar-refractivity contribution in [2.45, 2.75) is 6.54 Å². The van der Waals surface area contributed by atoms with Crippen molar-refractivity contribution in [3.05, 3.63) is 36.5 Å². The number of rotatable bonds is 4. The summed E-state index contributed by atoms with van der Waals surface area (Å²) in [6.45, 7) is 1.04. The fourth-order valence-electron chi connectivity index (χ4n) is 1.12. The average Bonchev–Trinajstić information content (AvgIpc) is 2.90. The first-order valence-electron chi connectivity index (χ1n) is 4.51. The molecule has 0 bridgehead atoms. The minimum absolute atomic E-state index is 0.157. The monoisotopic (exact) mass is 206 g/mol. The quantitative estimate of drug-likeness (QED) is 0.780. The Hall–Kier alpha value is -2.11. The molecule has 0 radical (unpaired) electrons. The number of carbonyl (C=O) groups excluding carboxylic acids is 1. The molecule has 6 heteroatoms. The Bertz CT molecular complexity index is 407. The van der Waals surface area contributed by atoms with Gasteiger partial charge in [0.05, 0.1) is 30.8 Å². The van der Waals surface area contributed by atoms with Crippen LogP contribution < -0.4 is 5.32 Å². The maximum absolute atomic E-state index is 11.4. The summed E-state index contributed by atoms with van der Waals surface area (Å²) >= 11 is 0. The summed E-state index contributed by atoms with van der Waals surface area (Å²) in [4.78, 5) is 12.9. The lowest BCUT2D eigenvalue weighted by molar-refractivity contribution is 0.0951. The molecule has 2 heterocycles. The van der Waals surface area contributed by atoms with E-state index in [1.54, 1.807) is 18.5 Å². The van der Waals surface area contributed by atoms with Crippen molar-refractivity contribution in [3.63, 3.8) is 0 Å². The van der Waals surface area contributed by atoms with Gasteiger partial charge in [-0.1, -0.05) is 0 Å². The van der Waals surface area contributed by atoms with Crippen molar-refractivity contribution < 1.29 is 9.21 Å². The number of aromatic nitrogens is 3. The van der Waals surface area contributed by atoms with Gasteiger partial charge in [-0.05, 0) is 6.07 Å². The molecule has 0 saturated heterocycles. The summed E-state index contributed by atoms with van der Waals surface area (Å²) in [5.41, 5.74) is 0.517. The molecule has 6 nitrogen and oxygen atoms in total. The molecule has 2 aromatic rings. The summed E-state index contributed by atoms with van der Waals surface area (Å²) in [6.07, 6.45) is 6.06. The van der Waals surface area contributed by atoms with Crippen molar-refractivity contribution >= 4 is 5.91 Å². The van der Waals surface area contributed by atoms with E-state index in [9.17, 15) is 4.79 Å². The first-order valence-corrected chi connectivity index (χ1v) is 4.51. The Morgan fingerprint density at radius 2 is 2.27 bits per heavy atom. The van der Waals surface area contributed by atoms with Crippen LogP contribution in [0.2, 0.25) is 0 Å². The minimum atomic E-state index is -0.157. The Morgan fingerprint density at radius 3 is 2.93 bits per heavy atom. The van der Waals surface area contributed by atoms with E-state index in [0.29, 0.717) is 18.7 Å². The van der Waals surface area contributed by atoms with Crippen LogP contribution in [0.5, 0.6) is 0 Å². The van der Waals surface area contributed by atoms with Crippen molar-refractivity contribution in [2.75, 3.05) is 6.54 Å². The second-order valence-corrected chi connectivity index (χ2v) is 2.89. The second kappa shape index (κ2) is 4.41. The zero-order valence-corrected chi connectivity index (χ0v) is 7.96. The summed E-state index contributed by atoms with van der Waals surface area (Å²) in [7, 11) is 0. The lowest BCUT2D eigenvalue weighted by Crippen LogP contribution is -2.27. The van der Waals surface area contributed by atoms with E-state index in [-0.39, 0.29) is 5.91 Å². The van der Waals surface area contributed by atoms with Gasteiger partial charge >= 0.3 is 0 Å². The summed E-state index contributed by atoms with van der Waals surface area (Å²) in [6, 6.07) is 1.61. The molecule has 1 amide bonds. The minimum Gasteiger partial charge on any atom is -0.472 e. The number of amides is 1. The summed E-state index contributed by atoms with van der Waals surface area (Å²) < 4.78 is 4.80. The molecular weight excluding hydrogens is 196 g/mol. The molecule has 0 fully saturated rings. The highest BCUT2D eigenvalue weighted by atomic mass is 16.3. The van der Waals surface area contributed by atoms with Crippen molar-refractivity contribution in [1.82, 2.24) is 20.3 Å². The van der Waals surface area contributed by atoms with Gasteiger partial charge in [0.1, 0.15) is 6.26 Å². The number of carbonyl (C=O) groups is 1. The molecule has 0 aromatic carbocycles. The van der Waals surface area contributed by atoms with Crippen LogP contribution in [0.3, 0.4) is 0 Å². The van der Waals surface area contributed by atoms with E-state index in [1.807, 2.05) is 0 Å². The van der Waals surface area contributed by atoms with Crippen molar-refractivity contribution in [1.29, 1.82) is 0 Å². The van der Waals surface area contributed by atoms with Crippen LogP contribution >= 0.6 is 0 Å². The Labute approximate surface area is 85.9 Å². The third-order valence-corrected chi connectivity index (χ3v) is 1.85. The number of hydrogen-bond donors (Lipinski definition) is 1. The topological polar surface area (TPSA) is 73.0 Å². The van der Waals surface area contributed by atoms with Crippen molar-refractivity contribution in [2.24, 2.45) is 0 Å². The number of hydrogen-bond acceptors (Lipinski definition) is 4. The van der Waals surface area contributed by atoms with Crippen LogP contribution in [0.15, 0.2) is 35.4 Å². The lowest BCUT2D eigenvalue weighted by Gasteiger charge is -2.02. The molecule has 0 aliphatic heterocycles. The fourth-order valence-corrected chi connectivity index (χ4v) is 1.12. The molecule has 0 spiro atoms. The Balaban J connectivity index is 1.77. The molecule has 1 N–H and O–H groups in total. The van der Waals surface area contributed by atoms with Crippen molar-refractivity contribution in [3.8, 4) is 0 Å². The van der Waals surface area contributed by atoms with Gasteiger partial charge in [-0.15, -0.1) is 0 Å². The molecule has 0 saturated carbocycles. The number of nitrogens with one attached hydrogen (secondary N) is 1. The van der Waals surface area contributed by atoms with Crippen LogP contribution in [-0.4, -0.2) is 27.4 Å². The van der Waals surface area contributed by atoms with Crippen LogP contribution in [-0.2, 0) is 6.54 Å². The standard InChI is InChI=1S/C9H10N4O2/c14-9(8-1-6-15-7-8)10-4-5-13-11-2-3-12-13/h1-3,6-7H,4-5H2,(H,10,14). The molecule has 2 rings (SSSR count). The molecule has 78 valence electrons. The zero-order valence-electron chi connectivity index (χ0n) is 7.96. The predicted molar refractivity (Wildman–Crippen MR) is 51.1 cm³/mol. The highest BCUT2D eigenvalue weighted by Gasteiger charge is 2.05. The average molecular weight is 206 g/mol. The zero-order chi connectivity index (χ0) is 10.5. The third-order valence-electron chi connectivity index (χ3n) is 1.85. The van der Waals surface area contributed by atoms with Gasteiger partial charge in [0.25, 0.3) is 5.91 Å². The van der Waals surface area contributed by atoms with Crippen LogP contribution in [0.4, 0.5) is 0 Å². The van der Waals surface area contributed by atoms with Gasteiger partial charge < -0.3 is 9.73 Å². The fraction of sp³-hybridized carbons (Fsp3) is 0.222. The Kier molecular flexibility index (Phi) is 2.77. The van der Waals surface area contributed by atoms with E-state index in [4.69, 9.17) is 4.42 Å². The van der Waals surface area contributed by atoms with Gasteiger partial charge in [0, 0.05) is 6.54 Å². The van der Waals surface area contributed by atoms with Gasteiger partial charge in [-0.3, -0.25) is 4.79 Å². The SMILES string of the molecule is O=C(NCCn1nccn1)c1ccoc1. The molecule has 0 unspecified atom stereocenters. The first-order chi connectivity index (χ1) is 7.36. The van der Waals surface area contributed by atoms with Gasteiger partial charge in [0.2, 0.25) is 0 Å². The largest absolute Gasteiger partial charge is 0.472 e. The van der Waals surface area contributed by atoms with Crippen LogP contribution in [0.1, 0.15) is 10.4 Å². The smallest absolute Gasteiger partial charge is 0.254 e. The number of nitrogens with zero attached hydrogens (tertiary/aromatic N) is 3. The third kappa shape index (κ3) is 2.43. The maximum Gasteiger partial charge on any atom is 0.254 e. The van der Waals surface area contributed by atoms with Gasteiger partial charge in [-0.2, -0.15) is 15.0 Å². The van der Waals surface area contributed by atoms with Crippen LogP contribution in [0.25, 0.3) is 0 Å². The highest BCUT2D eigenvalue weighted by Crippen LogP contribution is 1.98. The van der Waals surface area contributed by atoms with E-state index in [0.717, 1.165) is 0 Å². The lowest BCUT2D eigenvalue weighted by atomic mass is 10.3. The molecule has 15 heavy (non-hydrogen) atoms. The van der Waals surface area contributed by atoms with E-state index < -0.39 is 0 Å². The second-order valence-electron chi connectivity index (χ2n) is 2.89. The van der Waals surface area contributed by atoms with E-state index in [1.165, 1.54) is 17.3 Å². The molecule has 0 aliphatic rings. The molecular formula is C9H10N4O2. The predicted octanol–water partition coefficient (Wildman–Crippen LogP) is 0.301. The van der Waals surface area contributed by atoms with E-state index in [2.05, 4.69) is 15.5 Å². The van der Waals surface area contributed by atoms with Gasteiger partial charge in [-0.25, -0.2) is 0 Å². The number of furan rings is 1. The molecule has 0 aliphatic carbocycles. The Morgan fingerprint density at radius 1 is 1.47 bits per heavy atom. The van der Waals surface area contributed by atoms with E-state index >= 15 is 0 Å². The van der Waals surface area contributed by atoms with Gasteiger partial charge in [0.15, 0.2) is 0 Å². The normalized spacial score (nSPS) is 10.1. The first kappa shape index (κ1) is 9.45. The summed E-state index contributed by atoms with van der Waals surface area (Å²) in [5, 5.41) is 10.5.